The first-order valence-electron chi connectivity index (χ1n) is 5.86. The van der Waals surface area contributed by atoms with Crippen LogP contribution in [0.1, 0.15) is 32.4 Å². The zero-order chi connectivity index (χ0) is 12.9. The third kappa shape index (κ3) is 4.46. The summed E-state index contributed by atoms with van der Waals surface area (Å²) in [5.74, 6) is 1.47. The van der Waals surface area contributed by atoms with Gasteiger partial charge in [0.05, 0.1) is 26.0 Å². The van der Waals surface area contributed by atoms with E-state index in [1.165, 1.54) is 0 Å². The van der Waals surface area contributed by atoms with Crippen molar-refractivity contribution in [3.8, 4) is 0 Å². The van der Waals surface area contributed by atoms with Crippen LogP contribution in [0.2, 0.25) is 0 Å². The number of rotatable bonds is 6. The minimum atomic E-state index is -0.0516. The molecule has 1 heterocycles. The molecule has 98 valence electrons. The maximum atomic E-state index is 8.90. The van der Waals surface area contributed by atoms with Crippen LogP contribution in [0, 0.1) is 0 Å². The molecule has 0 aliphatic carbocycles. The molecule has 1 rings (SSSR count). The maximum absolute atomic E-state index is 8.90. The summed E-state index contributed by atoms with van der Waals surface area (Å²) in [4.78, 5) is 6.12. The largest absolute Gasteiger partial charge is 0.444 e. The summed E-state index contributed by atoms with van der Waals surface area (Å²) in [5.41, 5.74) is -0.0516. The fourth-order valence-corrected chi connectivity index (χ4v) is 1.47. The minimum Gasteiger partial charge on any atom is -0.444 e. The van der Waals surface area contributed by atoms with Gasteiger partial charge in [0, 0.05) is 18.5 Å². The van der Waals surface area contributed by atoms with E-state index >= 15 is 0 Å². The summed E-state index contributed by atoms with van der Waals surface area (Å²) in [7, 11) is 0. The molecular formula is C12H22N2O3. The van der Waals surface area contributed by atoms with Crippen LogP contribution in [0.3, 0.4) is 0 Å². The number of aromatic nitrogens is 1. The van der Waals surface area contributed by atoms with E-state index in [0.717, 1.165) is 5.76 Å². The van der Waals surface area contributed by atoms with Gasteiger partial charge >= 0.3 is 0 Å². The number of hydrogen-bond donors (Lipinski definition) is 2. The molecule has 0 saturated carbocycles. The van der Waals surface area contributed by atoms with Crippen LogP contribution in [-0.4, -0.2) is 46.4 Å². The highest BCUT2D eigenvalue weighted by atomic mass is 16.4. The second-order valence-electron chi connectivity index (χ2n) is 5.09. The van der Waals surface area contributed by atoms with Crippen LogP contribution in [0.15, 0.2) is 10.6 Å². The number of oxazole rings is 1. The molecule has 0 spiro atoms. The van der Waals surface area contributed by atoms with Crippen molar-refractivity contribution in [2.24, 2.45) is 0 Å². The Balaban J connectivity index is 2.63. The summed E-state index contributed by atoms with van der Waals surface area (Å²) >= 11 is 0. The van der Waals surface area contributed by atoms with E-state index in [0.29, 0.717) is 25.5 Å². The van der Waals surface area contributed by atoms with Gasteiger partial charge in [0.2, 0.25) is 5.89 Å². The molecule has 2 N–H and O–H groups in total. The predicted octanol–water partition coefficient (Wildman–Crippen LogP) is 0.759. The molecule has 0 aliphatic rings. The van der Waals surface area contributed by atoms with Crippen LogP contribution in [0.5, 0.6) is 0 Å². The first-order chi connectivity index (χ1) is 7.97. The van der Waals surface area contributed by atoms with Gasteiger partial charge in [-0.05, 0) is 0 Å². The molecule has 0 fully saturated rings. The van der Waals surface area contributed by atoms with Gasteiger partial charge in [0.1, 0.15) is 5.76 Å². The zero-order valence-corrected chi connectivity index (χ0v) is 10.8. The lowest BCUT2D eigenvalue weighted by molar-refractivity contribution is 0.145. The molecule has 0 bridgehead atoms. The topological polar surface area (TPSA) is 69.7 Å². The van der Waals surface area contributed by atoms with Crippen molar-refractivity contribution in [3.05, 3.63) is 17.8 Å². The lowest BCUT2D eigenvalue weighted by Gasteiger charge is -2.18. The summed E-state index contributed by atoms with van der Waals surface area (Å²) in [6, 6.07) is 0. The zero-order valence-electron chi connectivity index (χ0n) is 10.8. The average Bonchev–Trinajstić information content (AvgIpc) is 2.66. The molecule has 1 aromatic rings. The SMILES string of the molecule is CC(C)(C)c1cnc(CN(CCO)CCO)o1. The second-order valence-corrected chi connectivity index (χ2v) is 5.09. The molecule has 17 heavy (non-hydrogen) atoms. The molecule has 0 atom stereocenters. The second kappa shape index (κ2) is 6.14. The Labute approximate surface area is 102 Å². The smallest absolute Gasteiger partial charge is 0.208 e. The predicted molar refractivity (Wildman–Crippen MR) is 64.7 cm³/mol. The summed E-state index contributed by atoms with van der Waals surface area (Å²) in [6.45, 7) is 7.85. The normalized spacial score (nSPS) is 12.4. The van der Waals surface area contributed by atoms with E-state index in [2.05, 4.69) is 25.8 Å². The highest BCUT2D eigenvalue weighted by molar-refractivity contribution is 5.05. The Bertz CT molecular complexity index is 325. The highest BCUT2D eigenvalue weighted by Crippen LogP contribution is 2.22. The van der Waals surface area contributed by atoms with Gasteiger partial charge in [-0.15, -0.1) is 0 Å². The van der Waals surface area contributed by atoms with Gasteiger partial charge in [-0.2, -0.15) is 0 Å². The molecule has 5 nitrogen and oxygen atoms in total. The standard InChI is InChI=1S/C12H22N2O3/c1-12(2,3)10-8-13-11(17-10)9-14(4-6-15)5-7-16/h8,15-16H,4-7,9H2,1-3H3. The minimum absolute atomic E-state index is 0.0516. The third-order valence-electron chi connectivity index (χ3n) is 2.48. The molecule has 0 amide bonds. The molecule has 1 aromatic heterocycles. The number of aliphatic hydroxyl groups is 2. The Morgan fingerprint density at radius 3 is 2.24 bits per heavy atom. The fraction of sp³-hybridized carbons (Fsp3) is 0.750. The van der Waals surface area contributed by atoms with Gasteiger partial charge in [-0.25, -0.2) is 4.98 Å². The van der Waals surface area contributed by atoms with E-state index in [-0.39, 0.29) is 18.6 Å². The van der Waals surface area contributed by atoms with E-state index in [1.807, 2.05) is 4.90 Å². The van der Waals surface area contributed by atoms with Gasteiger partial charge in [-0.1, -0.05) is 20.8 Å². The highest BCUT2D eigenvalue weighted by Gasteiger charge is 2.19. The molecule has 0 unspecified atom stereocenters. The fourth-order valence-electron chi connectivity index (χ4n) is 1.47. The number of hydrogen-bond acceptors (Lipinski definition) is 5. The van der Waals surface area contributed by atoms with Gasteiger partial charge in [0.15, 0.2) is 0 Å². The third-order valence-corrected chi connectivity index (χ3v) is 2.48. The monoisotopic (exact) mass is 242 g/mol. The average molecular weight is 242 g/mol. The Hall–Kier alpha value is -0.910. The van der Waals surface area contributed by atoms with Crippen molar-refractivity contribution in [2.45, 2.75) is 32.7 Å². The van der Waals surface area contributed by atoms with Crippen molar-refractivity contribution in [3.63, 3.8) is 0 Å². The molecule has 0 aliphatic heterocycles. The Kier molecular flexibility index (Phi) is 5.11. The van der Waals surface area contributed by atoms with Gasteiger partial charge < -0.3 is 14.6 Å². The number of aliphatic hydroxyl groups excluding tert-OH is 2. The first kappa shape index (κ1) is 14.2. The Morgan fingerprint density at radius 2 is 1.82 bits per heavy atom. The van der Waals surface area contributed by atoms with E-state index < -0.39 is 0 Å². The molecule has 0 radical (unpaired) electrons. The van der Waals surface area contributed by atoms with Crippen LogP contribution >= 0.6 is 0 Å². The maximum Gasteiger partial charge on any atom is 0.208 e. The molecular weight excluding hydrogens is 220 g/mol. The molecule has 0 saturated heterocycles. The lowest BCUT2D eigenvalue weighted by atomic mass is 9.94. The van der Waals surface area contributed by atoms with Crippen molar-refractivity contribution in [1.82, 2.24) is 9.88 Å². The van der Waals surface area contributed by atoms with Gasteiger partial charge in [0.25, 0.3) is 0 Å². The van der Waals surface area contributed by atoms with Crippen molar-refractivity contribution in [1.29, 1.82) is 0 Å². The number of nitrogens with zero attached hydrogens (tertiary/aromatic N) is 2. The van der Waals surface area contributed by atoms with Crippen molar-refractivity contribution >= 4 is 0 Å². The summed E-state index contributed by atoms with van der Waals surface area (Å²) in [5, 5.41) is 17.8. The lowest BCUT2D eigenvalue weighted by Crippen LogP contribution is -2.29. The van der Waals surface area contributed by atoms with Gasteiger partial charge in [-0.3, -0.25) is 4.90 Å². The van der Waals surface area contributed by atoms with Crippen LogP contribution < -0.4 is 0 Å². The van der Waals surface area contributed by atoms with E-state index in [4.69, 9.17) is 14.6 Å². The van der Waals surface area contributed by atoms with E-state index in [1.54, 1.807) is 6.20 Å². The molecule has 5 heteroatoms. The van der Waals surface area contributed by atoms with E-state index in [9.17, 15) is 0 Å². The quantitative estimate of drug-likeness (QED) is 0.770. The van der Waals surface area contributed by atoms with Crippen molar-refractivity contribution < 1.29 is 14.6 Å². The first-order valence-corrected chi connectivity index (χ1v) is 5.86. The van der Waals surface area contributed by atoms with Crippen LogP contribution in [0.4, 0.5) is 0 Å². The summed E-state index contributed by atoms with van der Waals surface area (Å²) in [6.07, 6.45) is 1.74. The van der Waals surface area contributed by atoms with Crippen LogP contribution in [-0.2, 0) is 12.0 Å². The van der Waals surface area contributed by atoms with Crippen LogP contribution in [0.25, 0.3) is 0 Å². The Morgan fingerprint density at radius 1 is 1.24 bits per heavy atom. The summed E-state index contributed by atoms with van der Waals surface area (Å²) < 4.78 is 5.66. The molecule has 0 aromatic carbocycles. The van der Waals surface area contributed by atoms with Crippen molar-refractivity contribution in [2.75, 3.05) is 26.3 Å².